The number of hydrogen-bond donors (Lipinski definition) is 0. The second-order valence-corrected chi connectivity index (χ2v) is 6.71. The predicted molar refractivity (Wildman–Crippen MR) is 85.1 cm³/mol. The van der Waals surface area contributed by atoms with Crippen LogP contribution in [-0.4, -0.2) is 9.78 Å². The summed E-state index contributed by atoms with van der Waals surface area (Å²) < 4.78 is 2.05. The van der Waals surface area contributed by atoms with E-state index in [9.17, 15) is 0 Å². The monoisotopic (exact) mass is 270 g/mol. The highest BCUT2D eigenvalue weighted by atomic mass is 15.3. The molecule has 1 aliphatic rings. The summed E-state index contributed by atoms with van der Waals surface area (Å²) >= 11 is 0. The van der Waals surface area contributed by atoms with Crippen molar-refractivity contribution in [3.05, 3.63) is 29.5 Å². The Morgan fingerprint density at radius 1 is 1.20 bits per heavy atom. The summed E-state index contributed by atoms with van der Waals surface area (Å²) in [5.41, 5.74) is 4.02. The SMILES string of the molecule is CC(C)c1ccc2c(c1)c(CC1CCCCC1)nn2C. The van der Waals surface area contributed by atoms with Crippen LogP contribution < -0.4 is 0 Å². The average molecular weight is 270 g/mol. The van der Waals surface area contributed by atoms with E-state index in [-0.39, 0.29) is 0 Å². The molecule has 0 atom stereocenters. The van der Waals surface area contributed by atoms with E-state index in [0.29, 0.717) is 5.92 Å². The third-order valence-corrected chi connectivity index (χ3v) is 4.82. The molecule has 0 amide bonds. The minimum atomic E-state index is 0.585. The Morgan fingerprint density at radius 2 is 1.95 bits per heavy atom. The Labute approximate surface area is 122 Å². The number of nitrogens with zero attached hydrogens (tertiary/aromatic N) is 2. The van der Waals surface area contributed by atoms with Crippen LogP contribution in [0.5, 0.6) is 0 Å². The molecule has 0 aliphatic heterocycles. The molecule has 1 aromatic carbocycles. The molecule has 1 aliphatic carbocycles. The zero-order chi connectivity index (χ0) is 14.1. The maximum Gasteiger partial charge on any atom is 0.0706 e. The summed E-state index contributed by atoms with van der Waals surface area (Å²) in [6, 6.07) is 6.85. The van der Waals surface area contributed by atoms with Gasteiger partial charge in [0.15, 0.2) is 0 Å². The van der Waals surface area contributed by atoms with Gasteiger partial charge < -0.3 is 0 Å². The second-order valence-electron chi connectivity index (χ2n) is 6.71. The first-order valence-electron chi connectivity index (χ1n) is 8.10. The van der Waals surface area contributed by atoms with Crippen molar-refractivity contribution in [1.82, 2.24) is 9.78 Å². The van der Waals surface area contributed by atoms with Gasteiger partial charge >= 0.3 is 0 Å². The van der Waals surface area contributed by atoms with Crippen LogP contribution in [0.15, 0.2) is 18.2 Å². The fourth-order valence-corrected chi connectivity index (χ4v) is 3.53. The van der Waals surface area contributed by atoms with Crippen molar-refractivity contribution < 1.29 is 0 Å². The molecule has 2 heteroatoms. The molecule has 0 spiro atoms. The zero-order valence-corrected chi connectivity index (χ0v) is 13.0. The van der Waals surface area contributed by atoms with Crippen LogP contribution in [0.1, 0.15) is 63.1 Å². The Balaban J connectivity index is 1.94. The predicted octanol–water partition coefficient (Wildman–Crippen LogP) is 4.82. The van der Waals surface area contributed by atoms with E-state index >= 15 is 0 Å². The third kappa shape index (κ3) is 2.61. The molecule has 108 valence electrons. The van der Waals surface area contributed by atoms with Gasteiger partial charge in [-0.2, -0.15) is 5.10 Å². The van der Waals surface area contributed by atoms with Crippen molar-refractivity contribution in [2.24, 2.45) is 13.0 Å². The van der Waals surface area contributed by atoms with Gasteiger partial charge in [0, 0.05) is 12.4 Å². The van der Waals surface area contributed by atoms with Gasteiger partial charge in [-0.1, -0.05) is 52.0 Å². The largest absolute Gasteiger partial charge is 0.268 e. The van der Waals surface area contributed by atoms with Crippen LogP contribution in [0.3, 0.4) is 0 Å². The van der Waals surface area contributed by atoms with Gasteiger partial charge in [0.1, 0.15) is 0 Å². The molecule has 20 heavy (non-hydrogen) atoms. The Hall–Kier alpha value is -1.31. The molecule has 0 N–H and O–H groups in total. The van der Waals surface area contributed by atoms with Crippen LogP contribution in [0.25, 0.3) is 10.9 Å². The maximum atomic E-state index is 4.80. The first kappa shape index (κ1) is 13.7. The Bertz CT molecular complexity index is 589. The van der Waals surface area contributed by atoms with Gasteiger partial charge in [-0.15, -0.1) is 0 Å². The molecule has 0 saturated heterocycles. The lowest BCUT2D eigenvalue weighted by Crippen LogP contribution is -2.10. The first-order chi connectivity index (χ1) is 9.65. The van der Waals surface area contributed by atoms with Crippen LogP contribution in [0.4, 0.5) is 0 Å². The first-order valence-corrected chi connectivity index (χ1v) is 8.10. The highest BCUT2D eigenvalue weighted by molar-refractivity contribution is 5.82. The summed E-state index contributed by atoms with van der Waals surface area (Å²) in [6.07, 6.45) is 8.19. The van der Waals surface area contributed by atoms with Crippen LogP contribution in [-0.2, 0) is 13.5 Å². The molecular formula is C18H26N2. The van der Waals surface area contributed by atoms with Gasteiger partial charge in [-0.25, -0.2) is 0 Å². The average Bonchev–Trinajstić information content (AvgIpc) is 2.76. The zero-order valence-electron chi connectivity index (χ0n) is 13.0. The number of aryl methyl sites for hydroxylation is 1. The van der Waals surface area contributed by atoms with Gasteiger partial charge in [0.2, 0.25) is 0 Å². The molecule has 0 bridgehead atoms. The lowest BCUT2D eigenvalue weighted by molar-refractivity contribution is 0.354. The van der Waals surface area contributed by atoms with E-state index in [1.54, 1.807) is 0 Å². The van der Waals surface area contributed by atoms with Crippen LogP contribution in [0, 0.1) is 5.92 Å². The molecule has 2 nitrogen and oxygen atoms in total. The summed E-state index contributed by atoms with van der Waals surface area (Å²) in [5.74, 6) is 1.44. The van der Waals surface area contributed by atoms with E-state index in [4.69, 9.17) is 5.10 Å². The number of rotatable bonds is 3. The molecule has 1 fully saturated rings. The Kier molecular flexibility index (Phi) is 3.82. The third-order valence-electron chi connectivity index (χ3n) is 4.82. The molecule has 2 aromatic rings. The van der Waals surface area contributed by atoms with E-state index in [1.165, 1.54) is 60.7 Å². The van der Waals surface area contributed by atoms with Gasteiger partial charge in [0.05, 0.1) is 11.2 Å². The molecular weight excluding hydrogens is 244 g/mol. The van der Waals surface area contributed by atoms with Gasteiger partial charge in [-0.05, 0) is 36.0 Å². The fourth-order valence-electron chi connectivity index (χ4n) is 3.53. The van der Waals surface area contributed by atoms with E-state index < -0.39 is 0 Å². The van der Waals surface area contributed by atoms with E-state index in [1.807, 2.05) is 0 Å². The lowest BCUT2D eigenvalue weighted by Gasteiger charge is -2.20. The van der Waals surface area contributed by atoms with E-state index in [2.05, 4.69) is 43.8 Å². The van der Waals surface area contributed by atoms with Crippen molar-refractivity contribution in [2.75, 3.05) is 0 Å². The molecule has 3 rings (SSSR count). The Morgan fingerprint density at radius 3 is 2.65 bits per heavy atom. The fraction of sp³-hybridized carbons (Fsp3) is 0.611. The molecule has 0 unspecified atom stereocenters. The standard InChI is InChI=1S/C18H26N2/c1-13(2)15-9-10-18-16(12-15)17(19-20(18)3)11-14-7-5-4-6-8-14/h9-10,12-14H,4-8,11H2,1-3H3. The van der Waals surface area contributed by atoms with Crippen LogP contribution >= 0.6 is 0 Å². The van der Waals surface area contributed by atoms with Gasteiger partial charge in [-0.3, -0.25) is 4.68 Å². The summed E-state index contributed by atoms with van der Waals surface area (Å²) in [5, 5.41) is 6.18. The van der Waals surface area contributed by atoms with Crippen molar-refractivity contribution in [3.8, 4) is 0 Å². The topological polar surface area (TPSA) is 17.8 Å². The second kappa shape index (κ2) is 5.59. The molecule has 1 aromatic heterocycles. The summed E-state index contributed by atoms with van der Waals surface area (Å²) in [4.78, 5) is 0. The van der Waals surface area contributed by atoms with Crippen molar-refractivity contribution in [2.45, 2.75) is 58.3 Å². The van der Waals surface area contributed by atoms with Crippen molar-refractivity contribution >= 4 is 10.9 Å². The minimum Gasteiger partial charge on any atom is -0.268 e. The number of aromatic nitrogens is 2. The quantitative estimate of drug-likeness (QED) is 0.782. The normalized spacial score (nSPS) is 17.2. The van der Waals surface area contributed by atoms with Crippen LogP contribution in [0.2, 0.25) is 0 Å². The molecule has 1 saturated carbocycles. The number of benzene rings is 1. The van der Waals surface area contributed by atoms with Crippen molar-refractivity contribution in [3.63, 3.8) is 0 Å². The van der Waals surface area contributed by atoms with E-state index in [0.717, 1.165) is 5.92 Å². The minimum absolute atomic E-state index is 0.585. The smallest absolute Gasteiger partial charge is 0.0706 e. The molecule has 0 radical (unpaired) electrons. The maximum absolute atomic E-state index is 4.80. The number of hydrogen-bond acceptors (Lipinski definition) is 1. The lowest BCUT2D eigenvalue weighted by atomic mass is 9.85. The van der Waals surface area contributed by atoms with Crippen molar-refractivity contribution in [1.29, 1.82) is 0 Å². The highest BCUT2D eigenvalue weighted by Gasteiger charge is 2.18. The summed E-state index contributed by atoms with van der Waals surface area (Å²) in [6.45, 7) is 4.52. The summed E-state index contributed by atoms with van der Waals surface area (Å²) in [7, 11) is 2.07. The molecule has 1 heterocycles. The van der Waals surface area contributed by atoms with Gasteiger partial charge in [0.25, 0.3) is 0 Å². The number of fused-ring (bicyclic) bond motifs is 1. The highest BCUT2D eigenvalue weighted by Crippen LogP contribution is 2.30.